The molecule has 3 aromatic rings. The molecule has 0 saturated carbocycles. The lowest BCUT2D eigenvalue weighted by molar-refractivity contribution is -0.115. The molecule has 3 rings (SSSR count). The molecule has 1 N–H and O–H groups in total. The van der Waals surface area contributed by atoms with Crippen molar-refractivity contribution in [2.45, 2.75) is 27.2 Å². The summed E-state index contributed by atoms with van der Waals surface area (Å²) in [6.07, 6.45) is 3.16. The summed E-state index contributed by atoms with van der Waals surface area (Å²) in [7, 11) is 0. The van der Waals surface area contributed by atoms with Crippen molar-refractivity contribution in [3.8, 4) is 0 Å². The van der Waals surface area contributed by atoms with Crippen LogP contribution in [0.3, 0.4) is 0 Å². The topological polar surface area (TPSA) is 49.6 Å². The van der Waals surface area contributed by atoms with Gasteiger partial charge in [0, 0.05) is 36.9 Å². The smallest absolute Gasteiger partial charge is 0.230 e. The standard InChI is InChI=1S/C20H23FN4O/c1-4-24(5-2)17-7-8-18(14(3)10-17)23-20(26)11-16-13-25-12-15(21)6-9-19(25)22-16/h6-10,12-13H,4-5,11H2,1-3H3,(H,23,26). The molecule has 26 heavy (non-hydrogen) atoms. The molecule has 1 aromatic carbocycles. The molecule has 0 fully saturated rings. The van der Waals surface area contributed by atoms with Crippen molar-refractivity contribution < 1.29 is 9.18 Å². The van der Waals surface area contributed by atoms with Crippen molar-refractivity contribution in [2.75, 3.05) is 23.3 Å². The third-order valence-corrected chi connectivity index (χ3v) is 4.42. The van der Waals surface area contributed by atoms with E-state index in [0.29, 0.717) is 11.3 Å². The quantitative estimate of drug-likeness (QED) is 0.732. The molecule has 6 heteroatoms. The highest BCUT2D eigenvalue weighted by Crippen LogP contribution is 2.23. The minimum atomic E-state index is -0.338. The number of benzene rings is 1. The predicted octanol–water partition coefficient (Wildman–Crippen LogP) is 3.81. The summed E-state index contributed by atoms with van der Waals surface area (Å²) >= 11 is 0. The zero-order valence-electron chi connectivity index (χ0n) is 15.3. The molecule has 136 valence electrons. The molecule has 0 aliphatic carbocycles. The van der Waals surface area contributed by atoms with Gasteiger partial charge in [0.15, 0.2) is 0 Å². The molecule has 0 radical (unpaired) electrons. The van der Waals surface area contributed by atoms with Crippen LogP contribution in [0.2, 0.25) is 0 Å². The summed E-state index contributed by atoms with van der Waals surface area (Å²) < 4.78 is 14.8. The maximum Gasteiger partial charge on any atom is 0.230 e. The summed E-state index contributed by atoms with van der Waals surface area (Å²) in [5.41, 5.74) is 4.17. The van der Waals surface area contributed by atoms with Crippen LogP contribution >= 0.6 is 0 Å². The SMILES string of the molecule is CCN(CC)c1ccc(NC(=O)Cc2cn3cc(F)ccc3n2)c(C)c1. The van der Waals surface area contributed by atoms with Gasteiger partial charge in [0.2, 0.25) is 5.91 Å². The zero-order chi connectivity index (χ0) is 18.7. The van der Waals surface area contributed by atoms with E-state index >= 15 is 0 Å². The Kier molecular flexibility index (Phi) is 5.21. The predicted molar refractivity (Wildman–Crippen MR) is 102 cm³/mol. The average molecular weight is 354 g/mol. The summed E-state index contributed by atoms with van der Waals surface area (Å²) in [6.45, 7) is 8.10. The van der Waals surface area contributed by atoms with Crippen LogP contribution in [0.1, 0.15) is 25.1 Å². The van der Waals surface area contributed by atoms with Gasteiger partial charge in [0.25, 0.3) is 0 Å². The number of amides is 1. The van der Waals surface area contributed by atoms with Crippen LogP contribution in [0.15, 0.2) is 42.7 Å². The first-order valence-corrected chi connectivity index (χ1v) is 8.78. The van der Waals surface area contributed by atoms with E-state index in [4.69, 9.17) is 0 Å². The summed E-state index contributed by atoms with van der Waals surface area (Å²) in [4.78, 5) is 19.0. The Labute approximate surface area is 152 Å². The van der Waals surface area contributed by atoms with Gasteiger partial charge in [-0.05, 0) is 56.7 Å². The van der Waals surface area contributed by atoms with E-state index in [-0.39, 0.29) is 18.1 Å². The number of halogens is 1. The minimum Gasteiger partial charge on any atom is -0.372 e. The summed E-state index contributed by atoms with van der Waals surface area (Å²) in [5, 5.41) is 2.94. The van der Waals surface area contributed by atoms with Gasteiger partial charge in [0.05, 0.1) is 12.1 Å². The normalized spacial score (nSPS) is 10.9. The molecular formula is C20H23FN4O. The van der Waals surface area contributed by atoms with Gasteiger partial charge < -0.3 is 14.6 Å². The van der Waals surface area contributed by atoms with E-state index in [0.717, 1.165) is 30.0 Å². The lowest BCUT2D eigenvalue weighted by Crippen LogP contribution is -2.22. The Hall–Kier alpha value is -2.89. The van der Waals surface area contributed by atoms with Gasteiger partial charge >= 0.3 is 0 Å². The number of aryl methyl sites for hydroxylation is 1. The second-order valence-corrected chi connectivity index (χ2v) is 6.24. The Balaban J connectivity index is 1.70. The summed E-state index contributed by atoms with van der Waals surface area (Å²) in [6, 6.07) is 8.97. The molecule has 0 aliphatic rings. The Morgan fingerprint density at radius 3 is 2.65 bits per heavy atom. The number of nitrogens with zero attached hydrogens (tertiary/aromatic N) is 3. The molecule has 0 bridgehead atoms. The highest BCUT2D eigenvalue weighted by atomic mass is 19.1. The molecule has 2 heterocycles. The highest BCUT2D eigenvalue weighted by Gasteiger charge is 2.11. The van der Waals surface area contributed by atoms with Crippen LogP contribution in [0.4, 0.5) is 15.8 Å². The van der Waals surface area contributed by atoms with Crippen LogP contribution in [0.25, 0.3) is 5.65 Å². The molecule has 0 saturated heterocycles. The minimum absolute atomic E-state index is 0.139. The molecule has 0 spiro atoms. The van der Waals surface area contributed by atoms with E-state index in [1.807, 2.05) is 19.1 Å². The molecule has 2 aromatic heterocycles. The van der Waals surface area contributed by atoms with Crippen molar-refractivity contribution in [1.29, 1.82) is 0 Å². The zero-order valence-corrected chi connectivity index (χ0v) is 15.3. The van der Waals surface area contributed by atoms with E-state index in [9.17, 15) is 9.18 Å². The first kappa shape index (κ1) is 17.9. The van der Waals surface area contributed by atoms with Crippen molar-refractivity contribution >= 4 is 22.9 Å². The number of fused-ring (bicyclic) bond motifs is 1. The largest absolute Gasteiger partial charge is 0.372 e. The first-order valence-electron chi connectivity index (χ1n) is 8.78. The number of nitrogens with one attached hydrogen (secondary N) is 1. The van der Waals surface area contributed by atoms with Crippen molar-refractivity contribution in [2.24, 2.45) is 0 Å². The number of carbonyl (C=O) groups excluding carboxylic acids is 1. The number of pyridine rings is 1. The van der Waals surface area contributed by atoms with E-state index in [1.54, 1.807) is 16.7 Å². The van der Waals surface area contributed by atoms with Gasteiger partial charge in [-0.3, -0.25) is 4.79 Å². The number of imidazole rings is 1. The Morgan fingerprint density at radius 1 is 1.19 bits per heavy atom. The number of carbonyl (C=O) groups is 1. The Morgan fingerprint density at radius 2 is 1.96 bits per heavy atom. The van der Waals surface area contributed by atoms with Crippen LogP contribution in [-0.4, -0.2) is 28.4 Å². The fraction of sp³-hybridized carbons (Fsp3) is 0.300. The van der Waals surface area contributed by atoms with Gasteiger partial charge in [-0.2, -0.15) is 0 Å². The third kappa shape index (κ3) is 3.85. The number of hydrogen-bond donors (Lipinski definition) is 1. The highest BCUT2D eigenvalue weighted by molar-refractivity contribution is 5.93. The number of hydrogen-bond acceptors (Lipinski definition) is 3. The number of aromatic nitrogens is 2. The van der Waals surface area contributed by atoms with Crippen molar-refractivity contribution in [3.63, 3.8) is 0 Å². The van der Waals surface area contributed by atoms with Gasteiger partial charge in [0.1, 0.15) is 11.5 Å². The average Bonchev–Trinajstić information content (AvgIpc) is 2.99. The van der Waals surface area contributed by atoms with Crippen molar-refractivity contribution in [1.82, 2.24) is 9.38 Å². The van der Waals surface area contributed by atoms with Crippen LogP contribution in [0, 0.1) is 12.7 Å². The lowest BCUT2D eigenvalue weighted by atomic mass is 10.1. The van der Waals surface area contributed by atoms with Crippen LogP contribution < -0.4 is 10.2 Å². The van der Waals surface area contributed by atoms with Gasteiger partial charge in [-0.25, -0.2) is 9.37 Å². The fourth-order valence-electron chi connectivity index (χ4n) is 3.03. The molecule has 0 unspecified atom stereocenters. The monoisotopic (exact) mass is 354 g/mol. The van der Waals surface area contributed by atoms with Gasteiger partial charge in [-0.15, -0.1) is 0 Å². The molecule has 0 aliphatic heterocycles. The van der Waals surface area contributed by atoms with Crippen molar-refractivity contribution in [3.05, 3.63) is 59.8 Å². The van der Waals surface area contributed by atoms with E-state index < -0.39 is 0 Å². The molecule has 5 nitrogen and oxygen atoms in total. The number of rotatable bonds is 6. The Bertz CT molecular complexity index is 931. The summed E-state index contributed by atoms with van der Waals surface area (Å²) in [5.74, 6) is -0.484. The van der Waals surface area contributed by atoms with E-state index in [1.165, 1.54) is 12.3 Å². The van der Waals surface area contributed by atoms with Gasteiger partial charge in [-0.1, -0.05) is 0 Å². The first-order chi connectivity index (χ1) is 12.5. The molecular weight excluding hydrogens is 331 g/mol. The second kappa shape index (κ2) is 7.56. The fourth-order valence-corrected chi connectivity index (χ4v) is 3.03. The maximum absolute atomic E-state index is 13.2. The number of anilines is 2. The second-order valence-electron chi connectivity index (χ2n) is 6.24. The van der Waals surface area contributed by atoms with Crippen LogP contribution in [-0.2, 0) is 11.2 Å². The lowest BCUT2D eigenvalue weighted by Gasteiger charge is -2.22. The molecule has 0 atom stereocenters. The third-order valence-electron chi connectivity index (χ3n) is 4.42. The van der Waals surface area contributed by atoms with Crippen LogP contribution in [0.5, 0.6) is 0 Å². The molecule has 1 amide bonds. The van der Waals surface area contributed by atoms with E-state index in [2.05, 4.69) is 35.1 Å². The maximum atomic E-state index is 13.2.